The number of fused-ring (bicyclic) bond motifs is 1. The van der Waals surface area contributed by atoms with Crippen molar-refractivity contribution in [2.45, 2.75) is 13.3 Å². The Labute approximate surface area is 128 Å². The van der Waals surface area contributed by atoms with Crippen LogP contribution in [-0.4, -0.2) is 22.4 Å². The monoisotopic (exact) mass is 295 g/mol. The molecule has 1 aromatic carbocycles. The molecule has 3 rings (SSSR count). The number of ether oxygens (including phenoxy) is 1. The molecule has 0 spiro atoms. The van der Waals surface area contributed by atoms with Crippen LogP contribution < -0.4 is 10.1 Å². The van der Waals surface area contributed by atoms with Crippen LogP contribution in [0.5, 0.6) is 5.75 Å². The van der Waals surface area contributed by atoms with Crippen molar-refractivity contribution in [3.63, 3.8) is 0 Å². The Balaban J connectivity index is 1.71. The van der Waals surface area contributed by atoms with E-state index in [2.05, 4.69) is 10.3 Å². The van der Waals surface area contributed by atoms with E-state index in [-0.39, 0.29) is 5.91 Å². The maximum absolute atomic E-state index is 12.1. The van der Waals surface area contributed by atoms with E-state index in [0.717, 1.165) is 28.3 Å². The number of nitrogens with one attached hydrogen (secondary N) is 1. The van der Waals surface area contributed by atoms with Gasteiger partial charge in [0.25, 0.3) is 0 Å². The van der Waals surface area contributed by atoms with Gasteiger partial charge in [-0.2, -0.15) is 0 Å². The molecule has 2 aromatic heterocycles. The largest absolute Gasteiger partial charge is 0.497 e. The SMILES string of the molecule is COc1cccc(CC(=O)Nc2ccc3nc(C)cn3c2)c1. The Morgan fingerprint density at radius 3 is 2.95 bits per heavy atom. The summed E-state index contributed by atoms with van der Waals surface area (Å²) in [6.45, 7) is 1.94. The van der Waals surface area contributed by atoms with Gasteiger partial charge in [-0.25, -0.2) is 4.98 Å². The first kappa shape index (κ1) is 14.1. The molecule has 5 nitrogen and oxygen atoms in total. The molecule has 0 atom stereocenters. The van der Waals surface area contributed by atoms with Crippen LogP contribution in [0, 0.1) is 6.92 Å². The number of carbonyl (C=O) groups excluding carboxylic acids is 1. The number of anilines is 1. The average Bonchev–Trinajstić information content (AvgIpc) is 2.86. The molecule has 5 heteroatoms. The van der Waals surface area contributed by atoms with Crippen LogP contribution >= 0.6 is 0 Å². The molecule has 0 saturated carbocycles. The minimum atomic E-state index is -0.0653. The van der Waals surface area contributed by atoms with Crippen LogP contribution in [0.1, 0.15) is 11.3 Å². The average molecular weight is 295 g/mol. The predicted octanol–water partition coefficient (Wildman–Crippen LogP) is 2.83. The summed E-state index contributed by atoms with van der Waals surface area (Å²) < 4.78 is 7.06. The van der Waals surface area contributed by atoms with Crippen molar-refractivity contribution in [2.24, 2.45) is 0 Å². The minimum absolute atomic E-state index is 0.0653. The summed E-state index contributed by atoms with van der Waals surface area (Å²) >= 11 is 0. The van der Waals surface area contributed by atoms with E-state index in [4.69, 9.17) is 4.74 Å². The summed E-state index contributed by atoms with van der Waals surface area (Å²) in [5.41, 5.74) is 3.47. The first-order valence-corrected chi connectivity index (χ1v) is 7.02. The normalized spacial score (nSPS) is 10.6. The molecule has 3 aromatic rings. The Kier molecular flexibility index (Phi) is 3.78. The van der Waals surface area contributed by atoms with E-state index in [1.165, 1.54) is 0 Å². The van der Waals surface area contributed by atoms with Crippen LogP contribution in [0.2, 0.25) is 0 Å². The zero-order valence-electron chi connectivity index (χ0n) is 12.5. The van der Waals surface area contributed by atoms with Gasteiger partial charge in [-0.3, -0.25) is 4.79 Å². The molecule has 0 aliphatic carbocycles. The first-order chi connectivity index (χ1) is 10.6. The van der Waals surface area contributed by atoms with Crippen molar-refractivity contribution in [1.82, 2.24) is 9.38 Å². The highest BCUT2D eigenvalue weighted by atomic mass is 16.5. The fraction of sp³-hybridized carbons (Fsp3) is 0.176. The number of amides is 1. The highest BCUT2D eigenvalue weighted by Gasteiger charge is 2.06. The van der Waals surface area contributed by atoms with Crippen molar-refractivity contribution in [3.8, 4) is 5.75 Å². The molecule has 1 N–H and O–H groups in total. The smallest absolute Gasteiger partial charge is 0.228 e. The maximum atomic E-state index is 12.1. The predicted molar refractivity (Wildman–Crippen MR) is 85.3 cm³/mol. The van der Waals surface area contributed by atoms with Crippen molar-refractivity contribution >= 4 is 17.2 Å². The standard InChI is InChI=1S/C17H17N3O2/c1-12-10-20-11-14(6-7-16(20)18-12)19-17(21)9-13-4-3-5-15(8-13)22-2/h3-8,10-11H,9H2,1-2H3,(H,19,21). The van der Waals surface area contributed by atoms with Crippen LogP contribution in [0.4, 0.5) is 5.69 Å². The van der Waals surface area contributed by atoms with Gasteiger partial charge in [0.1, 0.15) is 11.4 Å². The van der Waals surface area contributed by atoms with Crippen LogP contribution in [0.15, 0.2) is 48.8 Å². The molecule has 112 valence electrons. The van der Waals surface area contributed by atoms with Gasteiger partial charge in [0.15, 0.2) is 0 Å². The van der Waals surface area contributed by atoms with E-state index >= 15 is 0 Å². The summed E-state index contributed by atoms with van der Waals surface area (Å²) in [5, 5.41) is 2.90. The number of rotatable bonds is 4. The maximum Gasteiger partial charge on any atom is 0.228 e. The van der Waals surface area contributed by atoms with Gasteiger partial charge < -0.3 is 14.5 Å². The lowest BCUT2D eigenvalue weighted by Crippen LogP contribution is -2.14. The zero-order valence-corrected chi connectivity index (χ0v) is 12.5. The fourth-order valence-corrected chi connectivity index (χ4v) is 2.37. The Bertz CT molecular complexity index is 824. The summed E-state index contributed by atoms with van der Waals surface area (Å²) in [4.78, 5) is 16.5. The zero-order chi connectivity index (χ0) is 15.5. The lowest BCUT2D eigenvalue weighted by atomic mass is 10.1. The molecule has 0 unspecified atom stereocenters. The molecule has 0 fully saturated rings. The van der Waals surface area contributed by atoms with Crippen LogP contribution in [-0.2, 0) is 11.2 Å². The molecule has 2 heterocycles. The molecule has 22 heavy (non-hydrogen) atoms. The van der Waals surface area contributed by atoms with Gasteiger partial charge in [0.05, 0.1) is 24.9 Å². The number of aromatic nitrogens is 2. The third kappa shape index (κ3) is 3.09. The lowest BCUT2D eigenvalue weighted by molar-refractivity contribution is -0.115. The molecule has 0 bridgehead atoms. The summed E-state index contributed by atoms with van der Waals surface area (Å²) in [6, 6.07) is 11.2. The second kappa shape index (κ2) is 5.89. The number of hydrogen-bond donors (Lipinski definition) is 1. The Morgan fingerprint density at radius 2 is 2.14 bits per heavy atom. The molecule has 1 amide bonds. The van der Waals surface area contributed by atoms with Gasteiger partial charge in [-0.05, 0) is 36.8 Å². The number of imidazole rings is 1. The topological polar surface area (TPSA) is 55.6 Å². The minimum Gasteiger partial charge on any atom is -0.497 e. The highest BCUT2D eigenvalue weighted by Crippen LogP contribution is 2.15. The van der Waals surface area contributed by atoms with Gasteiger partial charge in [0.2, 0.25) is 5.91 Å². The number of nitrogens with zero attached hydrogens (tertiary/aromatic N) is 2. The van der Waals surface area contributed by atoms with E-state index in [1.54, 1.807) is 7.11 Å². The van der Waals surface area contributed by atoms with Gasteiger partial charge in [-0.15, -0.1) is 0 Å². The van der Waals surface area contributed by atoms with Gasteiger partial charge >= 0.3 is 0 Å². The Hall–Kier alpha value is -2.82. The lowest BCUT2D eigenvalue weighted by Gasteiger charge is -2.07. The van der Waals surface area contributed by atoms with Gasteiger partial charge in [0, 0.05) is 12.4 Å². The summed E-state index contributed by atoms with van der Waals surface area (Å²) in [5.74, 6) is 0.685. The highest BCUT2D eigenvalue weighted by molar-refractivity contribution is 5.92. The second-order valence-electron chi connectivity index (χ2n) is 5.14. The van der Waals surface area contributed by atoms with Crippen LogP contribution in [0.3, 0.4) is 0 Å². The number of benzene rings is 1. The quantitative estimate of drug-likeness (QED) is 0.805. The fourth-order valence-electron chi connectivity index (χ4n) is 2.37. The molecule has 0 radical (unpaired) electrons. The molecule has 0 aliphatic heterocycles. The second-order valence-corrected chi connectivity index (χ2v) is 5.14. The summed E-state index contributed by atoms with van der Waals surface area (Å²) in [6.07, 6.45) is 4.09. The van der Waals surface area contributed by atoms with E-state index in [1.807, 2.05) is 60.1 Å². The number of carbonyl (C=O) groups is 1. The van der Waals surface area contributed by atoms with Crippen molar-refractivity contribution in [2.75, 3.05) is 12.4 Å². The van der Waals surface area contributed by atoms with Gasteiger partial charge in [-0.1, -0.05) is 12.1 Å². The number of methoxy groups -OCH3 is 1. The molecule has 0 aliphatic rings. The van der Waals surface area contributed by atoms with E-state index in [0.29, 0.717) is 6.42 Å². The van der Waals surface area contributed by atoms with Crippen molar-refractivity contribution in [1.29, 1.82) is 0 Å². The third-order valence-corrected chi connectivity index (χ3v) is 3.35. The third-order valence-electron chi connectivity index (χ3n) is 3.35. The Morgan fingerprint density at radius 1 is 1.27 bits per heavy atom. The molecular weight excluding hydrogens is 278 g/mol. The first-order valence-electron chi connectivity index (χ1n) is 7.02. The van der Waals surface area contributed by atoms with E-state index in [9.17, 15) is 4.79 Å². The summed E-state index contributed by atoms with van der Waals surface area (Å²) in [7, 11) is 1.61. The van der Waals surface area contributed by atoms with Crippen molar-refractivity contribution < 1.29 is 9.53 Å². The molecular formula is C17H17N3O2. The molecule has 0 saturated heterocycles. The van der Waals surface area contributed by atoms with E-state index < -0.39 is 0 Å². The number of pyridine rings is 1. The van der Waals surface area contributed by atoms with Crippen molar-refractivity contribution in [3.05, 3.63) is 60.0 Å². The van der Waals surface area contributed by atoms with Crippen LogP contribution in [0.25, 0.3) is 5.65 Å². The number of hydrogen-bond acceptors (Lipinski definition) is 3. The number of aryl methyl sites for hydroxylation is 1.